The lowest BCUT2D eigenvalue weighted by molar-refractivity contribution is -0.140. The molecule has 0 amide bonds. The zero-order valence-corrected chi connectivity index (χ0v) is 10.7. The molecule has 0 saturated carbocycles. The number of alkyl halides is 3. The molecule has 2 aromatic rings. The van der Waals surface area contributed by atoms with Crippen molar-refractivity contribution in [2.24, 2.45) is 7.05 Å². The molecule has 0 aliphatic rings. The van der Waals surface area contributed by atoms with Gasteiger partial charge in [0.25, 0.3) is 0 Å². The third kappa shape index (κ3) is 2.66. The normalized spacial score (nSPS) is 11.4. The highest BCUT2D eigenvalue weighted by molar-refractivity contribution is 5.89. The van der Waals surface area contributed by atoms with E-state index in [2.05, 4.69) is 9.72 Å². The molecular weight excluding hydrogens is 273 g/mol. The summed E-state index contributed by atoms with van der Waals surface area (Å²) in [5, 5.41) is 0. The Bertz CT molecular complexity index is 630. The van der Waals surface area contributed by atoms with Crippen LogP contribution >= 0.6 is 0 Å². The number of nitrogens with zero attached hydrogens (tertiary/aromatic N) is 2. The summed E-state index contributed by atoms with van der Waals surface area (Å²) in [6.45, 7) is 0. The van der Waals surface area contributed by atoms with E-state index in [0.717, 1.165) is 6.20 Å². The zero-order chi connectivity index (χ0) is 14.9. The Balaban J connectivity index is 2.37. The lowest BCUT2D eigenvalue weighted by atomic mass is 10.1. The maximum Gasteiger partial charge on any atom is 0.434 e. The van der Waals surface area contributed by atoms with Gasteiger partial charge in [0.1, 0.15) is 5.82 Å². The Morgan fingerprint density at radius 2 is 1.85 bits per heavy atom. The van der Waals surface area contributed by atoms with Crippen LogP contribution in [0, 0.1) is 0 Å². The number of benzene rings is 1. The molecule has 2 rings (SSSR count). The van der Waals surface area contributed by atoms with E-state index in [4.69, 9.17) is 0 Å². The van der Waals surface area contributed by atoms with E-state index >= 15 is 0 Å². The van der Waals surface area contributed by atoms with Gasteiger partial charge in [0.05, 0.1) is 12.7 Å². The van der Waals surface area contributed by atoms with Crippen LogP contribution in [0.4, 0.5) is 13.2 Å². The lowest BCUT2D eigenvalue weighted by Gasteiger charge is -2.03. The molecule has 0 spiro atoms. The fraction of sp³-hybridized carbons (Fsp3) is 0.231. The largest absolute Gasteiger partial charge is 0.465 e. The summed E-state index contributed by atoms with van der Waals surface area (Å²) in [6, 6.07) is 6.00. The number of aryl methyl sites for hydroxylation is 1. The molecule has 0 radical (unpaired) electrons. The van der Waals surface area contributed by atoms with E-state index < -0.39 is 17.8 Å². The molecule has 4 nitrogen and oxygen atoms in total. The second-order valence-corrected chi connectivity index (χ2v) is 4.13. The standard InChI is InChI=1S/C13H11F3N2O2/c1-18-7-10(13(14,15)16)17-11(18)8-3-5-9(6-4-8)12(19)20-2/h3-7H,1-2H3. The fourth-order valence-electron chi connectivity index (χ4n) is 1.74. The van der Waals surface area contributed by atoms with Gasteiger partial charge in [-0.1, -0.05) is 12.1 Å². The third-order valence-electron chi connectivity index (χ3n) is 2.73. The van der Waals surface area contributed by atoms with Crippen molar-refractivity contribution in [2.75, 3.05) is 7.11 Å². The first-order chi connectivity index (χ1) is 9.32. The second-order valence-electron chi connectivity index (χ2n) is 4.13. The van der Waals surface area contributed by atoms with Crippen LogP contribution in [-0.4, -0.2) is 22.6 Å². The van der Waals surface area contributed by atoms with Crippen LogP contribution in [0.5, 0.6) is 0 Å². The number of hydrogen-bond acceptors (Lipinski definition) is 3. The molecule has 0 aliphatic heterocycles. The number of ether oxygens (including phenoxy) is 1. The van der Waals surface area contributed by atoms with Gasteiger partial charge >= 0.3 is 12.1 Å². The highest BCUT2D eigenvalue weighted by Gasteiger charge is 2.34. The number of halogens is 3. The Labute approximate surface area is 112 Å². The van der Waals surface area contributed by atoms with Crippen molar-refractivity contribution in [2.45, 2.75) is 6.18 Å². The number of carbonyl (C=O) groups is 1. The maximum atomic E-state index is 12.6. The van der Waals surface area contributed by atoms with Gasteiger partial charge in [-0.25, -0.2) is 9.78 Å². The van der Waals surface area contributed by atoms with Crippen molar-refractivity contribution in [1.29, 1.82) is 0 Å². The number of imidazole rings is 1. The van der Waals surface area contributed by atoms with Gasteiger partial charge in [0, 0.05) is 18.8 Å². The van der Waals surface area contributed by atoms with E-state index in [0.29, 0.717) is 11.1 Å². The lowest BCUT2D eigenvalue weighted by Crippen LogP contribution is -2.04. The number of hydrogen-bond donors (Lipinski definition) is 0. The van der Waals surface area contributed by atoms with Crippen LogP contribution in [0.1, 0.15) is 16.1 Å². The maximum absolute atomic E-state index is 12.6. The molecule has 0 bridgehead atoms. The van der Waals surface area contributed by atoms with Crippen molar-refractivity contribution in [1.82, 2.24) is 9.55 Å². The van der Waals surface area contributed by atoms with Crippen LogP contribution in [0.3, 0.4) is 0 Å². The van der Waals surface area contributed by atoms with E-state index in [-0.39, 0.29) is 5.82 Å². The highest BCUT2D eigenvalue weighted by atomic mass is 19.4. The van der Waals surface area contributed by atoms with Crippen molar-refractivity contribution in [3.8, 4) is 11.4 Å². The van der Waals surface area contributed by atoms with Gasteiger partial charge < -0.3 is 9.30 Å². The highest BCUT2D eigenvalue weighted by Crippen LogP contribution is 2.30. The van der Waals surface area contributed by atoms with Crippen molar-refractivity contribution in [3.63, 3.8) is 0 Å². The molecule has 0 unspecified atom stereocenters. The van der Waals surface area contributed by atoms with Crippen LogP contribution in [0.2, 0.25) is 0 Å². The molecule has 106 valence electrons. The minimum Gasteiger partial charge on any atom is -0.465 e. The Morgan fingerprint density at radius 3 is 2.30 bits per heavy atom. The molecule has 0 fully saturated rings. The van der Waals surface area contributed by atoms with Gasteiger partial charge in [-0.15, -0.1) is 0 Å². The molecule has 1 heterocycles. The smallest absolute Gasteiger partial charge is 0.434 e. The number of rotatable bonds is 2. The summed E-state index contributed by atoms with van der Waals surface area (Å²) < 4.78 is 43.6. The Kier molecular flexibility index (Phi) is 3.52. The molecule has 20 heavy (non-hydrogen) atoms. The number of aromatic nitrogens is 2. The summed E-state index contributed by atoms with van der Waals surface area (Å²) >= 11 is 0. The van der Waals surface area contributed by atoms with Gasteiger partial charge in [-0.3, -0.25) is 0 Å². The van der Waals surface area contributed by atoms with E-state index in [1.165, 1.54) is 43.0 Å². The molecule has 0 aliphatic carbocycles. The predicted octanol–water partition coefficient (Wildman–Crippen LogP) is 2.89. The molecule has 0 atom stereocenters. The van der Waals surface area contributed by atoms with Crippen LogP contribution in [0.25, 0.3) is 11.4 Å². The first-order valence-electron chi connectivity index (χ1n) is 5.62. The monoisotopic (exact) mass is 284 g/mol. The second kappa shape index (κ2) is 4.99. The minimum atomic E-state index is -4.48. The van der Waals surface area contributed by atoms with Crippen LogP contribution in [0.15, 0.2) is 30.5 Å². The van der Waals surface area contributed by atoms with Crippen molar-refractivity contribution >= 4 is 5.97 Å². The first kappa shape index (κ1) is 14.1. The van der Waals surface area contributed by atoms with E-state index in [1.54, 1.807) is 0 Å². The van der Waals surface area contributed by atoms with Crippen LogP contribution < -0.4 is 0 Å². The molecule has 1 aromatic carbocycles. The quantitative estimate of drug-likeness (QED) is 0.796. The van der Waals surface area contributed by atoms with Gasteiger partial charge in [0.15, 0.2) is 5.69 Å². The third-order valence-corrected chi connectivity index (χ3v) is 2.73. The van der Waals surface area contributed by atoms with Gasteiger partial charge in [-0.2, -0.15) is 13.2 Å². The van der Waals surface area contributed by atoms with E-state index in [9.17, 15) is 18.0 Å². The first-order valence-corrected chi connectivity index (χ1v) is 5.62. The molecular formula is C13H11F3N2O2. The number of carbonyl (C=O) groups excluding carboxylic acids is 1. The Morgan fingerprint density at radius 1 is 1.25 bits per heavy atom. The van der Waals surface area contributed by atoms with Crippen LogP contribution in [-0.2, 0) is 18.0 Å². The minimum absolute atomic E-state index is 0.175. The number of esters is 1. The predicted molar refractivity (Wildman–Crippen MR) is 65.0 cm³/mol. The number of methoxy groups -OCH3 is 1. The van der Waals surface area contributed by atoms with E-state index in [1.807, 2.05) is 0 Å². The van der Waals surface area contributed by atoms with Crippen molar-refractivity contribution < 1.29 is 22.7 Å². The zero-order valence-electron chi connectivity index (χ0n) is 10.7. The SMILES string of the molecule is COC(=O)c1ccc(-c2nc(C(F)(F)F)cn2C)cc1. The topological polar surface area (TPSA) is 44.1 Å². The molecule has 1 aromatic heterocycles. The average Bonchev–Trinajstić information content (AvgIpc) is 2.80. The Hall–Kier alpha value is -2.31. The fourth-order valence-corrected chi connectivity index (χ4v) is 1.74. The average molecular weight is 284 g/mol. The summed E-state index contributed by atoms with van der Waals surface area (Å²) in [5.41, 5.74) is -0.149. The summed E-state index contributed by atoms with van der Waals surface area (Å²) in [6.07, 6.45) is -3.56. The van der Waals surface area contributed by atoms with Gasteiger partial charge in [0.2, 0.25) is 0 Å². The molecule has 7 heteroatoms. The molecule has 0 saturated heterocycles. The van der Waals surface area contributed by atoms with Crippen molar-refractivity contribution in [3.05, 3.63) is 41.7 Å². The molecule has 0 N–H and O–H groups in total. The summed E-state index contributed by atoms with van der Waals surface area (Å²) in [4.78, 5) is 14.8. The van der Waals surface area contributed by atoms with Gasteiger partial charge in [-0.05, 0) is 12.1 Å². The summed E-state index contributed by atoms with van der Waals surface area (Å²) in [5.74, 6) is -0.332. The summed E-state index contributed by atoms with van der Waals surface area (Å²) in [7, 11) is 2.73.